The smallest absolute Gasteiger partial charge is 0.319 e. The zero-order chi connectivity index (χ0) is 17.3. The van der Waals surface area contributed by atoms with Crippen molar-refractivity contribution in [2.24, 2.45) is 5.92 Å². The Kier molecular flexibility index (Phi) is 4.78. The molecule has 0 saturated carbocycles. The molecule has 0 unspecified atom stereocenters. The number of nitrogens with one attached hydrogen (secondary N) is 1. The largest absolute Gasteiger partial charge is 0.333 e. The van der Waals surface area contributed by atoms with Crippen molar-refractivity contribution in [3.8, 4) is 0 Å². The molecular weight excluding hydrogens is 306 g/mol. The molecule has 132 valence electrons. The maximum Gasteiger partial charge on any atom is 0.319 e. The maximum atomic E-state index is 13.1. The number of aromatic nitrogens is 2. The average molecular weight is 333 g/mol. The predicted octanol–water partition coefficient (Wildman–Crippen LogP) is 1.58. The Morgan fingerprint density at radius 3 is 2.79 bits per heavy atom. The Hall–Kier alpha value is -2.05. The lowest BCUT2D eigenvalue weighted by Gasteiger charge is -2.36. The molecule has 3 aliphatic rings. The lowest BCUT2D eigenvalue weighted by molar-refractivity contribution is 0.0584. The van der Waals surface area contributed by atoms with E-state index in [0.717, 1.165) is 44.5 Å². The van der Waals surface area contributed by atoms with E-state index in [0.29, 0.717) is 18.0 Å². The monoisotopic (exact) mass is 333 g/mol. The number of aromatic amines is 1. The number of aryl methyl sites for hydroxylation is 1. The second kappa shape index (κ2) is 6.83. The summed E-state index contributed by atoms with van der Waals surface area (Å²) in [6.07, 6.45) is 5.50. The minimum absolute atomic E-state index is 0.0381. The average Bonchev–Trinajstić information content (AvgIpc) is 2.83. The van der Waals surface area contributed by atoms with Crippen LogP contribution >= 0.6 is 0 Å². The molecule has 1 aromatic heterocycles. The fraction of sp³-hybridized carbons (Fsp3) is 0.706. The molecule has 4 heterocycles. The molecule has 3 fully saturated rings. The van der Waals surface area contributed by atoms with Crippen LogP contribution < -0.4 is 0 Å². The van der Waals surface area contributed by atoms with Gasteiger partial charge in [0, 0.05) is 45.5 Å². The van der Waals surface area contributed by atoms with Crippen molar-refractivity contribution >= 4 is 11.9 Å². The molecule has 1 aromatic rings. The molecule has 0 aromatic carbocycles. The highest BCUT2D eigenvalue weighted by molar-refractivity contribution is 5.95. The lowest BCUT2D eigenvalue weighted by Crippen LogP contribution is -2.48. The quantitative estimate of drug-likeness (QED) is 0.913. The molecule has 0 spiro atoms. The van der Waals surface area contributed by atoms with Gasteiger partial charge in [-0.3, -0.25) is 9.89 Å². The highest BCUT2D eigenvalue weighted by atomic mass is 16.2. The van der Waals surface area contributed by atoms with E-state index in [1.54, 1.807) is 25.2 Å². The van der Waals surface area contributed by atoms with Crippen molar-refractivity contribution < 1.29 is 9.59 Å². The molecule has 0 aliphatic carbocycles. The van der Waals surface area contributed by atoms with Crippen molar-refractivity contribution in [2.45, 2.75) is 38.6 Å². The van der Waals surface area contributed by atoms with Crippen molar-refractivity contribution in [3.05, 3.63) is 17.5 Å². The number of piperidine rings is 1. The van der Waals surface area contributed by atoms with E-state index < -0.39 is 0 Å². The molecule has 24 heavy (non-hydrogen) atoms. The van der Waals surface area contributed by atoms with E-state index in [1.165, 1.54) is 0 Å². The van der Waals surface area contributed by atoms with E-state index in [-0.39, 0.29) is 18.0 Å². The van der Waals surface area contributed by atoms with Gasteiger partial charge >= 0.3 is 6.03 Å². The zero-order valence-corrected chi connectivity index (χ0v) is 14.8. The summed E-state index contributed by atoms with van der Waals surface area (Å²) >= 11 is 0. The van der Waals surface area contributed by atoms with Gasteiger partial charge in [0.05, 0.1) is 11.8 Å². The Morgan fingerprint density at radius 2 is 2.08 bits per heavy atom. The van der Waals surface area contributed by atoms with Crippen LogP contribution in [0.25, 0.3) is 0 Å². The van der Waals surface area contributed by atoms with Crippen LogP contribution in [0.4, 0.5) is 4.79 Å². The van der Waals surface area contributed by atoms with Crippen LogP contribution in [0, 0.1) is 5.92 Å². The number of urea groups is 1. The van der Waals surface area contributed by atoms with Gasteiger partial charge in [-0.05, 0) is 25.2 Å². The van der Waals surface area contributed by atoms with Gasteiger partial charge in [-0.25, -0.2) is 4.79 Å². The minimum Gasteiger partial charge on any atom is -0.333 e. The molecule has 2 bridgehead atoms. The molecule has 0 radical (unpaired) electrons. The van der Waals surface area contributed by atoms with Gasteiger partial charge in [0.15, 0.2) is 0 Å². The first-order valence-electron chi connectivity index (χ1n) is 8.80. The normalized spacial score (nSPS) is 23.3. The number of carbonyl (C=O) groups is 2. The first-order chi connectivity index (χ1) is 11.5. The summed E-state index contributed by atoms with van der Waals surface area (Å²) in [6, 6.07) is 0.140. The van der Waals surface area contributed by atoms with Gasteiger partial charge in [0.25, 0.3) is 5.91 Å². The summed E-state index contributed by atoms with van der Waals surface area (Å²) in [5, 5.41) is 7.02. The first-order valence-corrected chi connectivity index (χ1v) is 8.80. The van der Waals surface area contributed by atoms with Gasteiger partial charge in [0.1, 0.15) is 0 Å². The first kappa shape index (κ1) is 16.8. The van der Waals surface area contributed by atoms with Crippen LogP contribution in [0.2, 0.25) is 0 Å². The molecule has 3 saturated heterocycles. The van der Waals surface area contributed by atoms with E-state index in [2.05, 4.69) is 17.1 Å². The number of H-pyrrole nitrogens is 1. The predicted molar refractivity (Wildman–Crippen MR) is 90.8 cm³/mol. The van der Waals surface area contributed by atoms with Crippen LogP contribution in [0.5, 0.6) is 0 Å². The number of hydrogen-bond donors (Lipinski definition) is 1. The van der Waals surface area contributed by atoms with E-state index in [1.807, 2.05) is 9.80 Å². The summed E-state index contributed by atoms with van der Waals surface area (Å²) in [4.78, 5) is 30.9. The molecule has 3 aliphatic heterocycles. The standard InChI is InChI=1S/C17H27N5O2/c1-4-5-15-14(8-18-19-15)16(23)22-10-12-6-7-13(22)11-21(9-12)17(24)20(2)3/h8,12-13H,4-7,9-11H2,1-3H3,(H,18,19)/t12-,13+/m0/s1. The van der Waals surface area contributed by atoms with E-state index in [9.17, 15) is 9.59 Å². The third kappa shape index (κ3) is 3.12. The van der Waals surface area contributed by atoms with Crippen molar-refractivity contribution in [2.75, 3.05) is 33.7 Å². The van der Waals surface area contributed by atoms with Gasteiger partial charge in [-0.1, -0.05) is 13.3 Å². The number of carbonyl (C=O) groups excluding carboxylic acids is 2. The molecule has 1 N–H and O–H groups in total. The Labute approximate surface area is 143 Å². The highest BCUT2D eigenvalue weighted by Crippen LogP contribution is 2.30. The highest BCUT2D eigenvalue weighted by Gasteiger charge is 2.39. The number of rotatable bonds is 3. The number of hydrogen-bond acceptors (Lipinski definition) is 3. The third-order valence-electron chi connectivity index (χ3n) is 5.08. The van der Waals surface area contributed by atoms with Crippen LogP contribution in [0.1, 0.15) is 42.2 Å². The molecule has 3 amide bonds. The summed E-state index contributed by atoms with van der Waals surface area (Å²) in [5.74, 6) is 0.416. The summed E-state index contributed by atoms with van der Waals surface area (Å²) in [6.45, 7) is 4.19. The van der Waals surface area contributed by atoms with Gasteiger partial charge in [0.2, 0.25) is 0 Å². The van der Waals surface area contributed by atoms with Gasteiger partial charge in [-0.2, -0.15) is 5.10 Å². The van der Waals surface area contributed by atoms with Crippen molar-refractivity contribution in [1.29, 1.82) is 0 Å². The van der Waals surface area contributed by atoms with Gasteiger partial charge in [-0.15, -0.1) is 0 Å². The lowest BCUT2D eigenvalue weighted by atomic mass is 9.94. The number of amides is 3. The van der Waals surface area contributed by atoms with Crippen LogP contribution in [-0.4, -0.2) is 76.6 Å². The fourth-order valence-electron chi connectivity index (χ4n) is 3.86. The summed E-state index contributed by atoms with van der Waals surface area (Å²) in [7, 11) is 3.56. The molecule has 2 atom stereocenters. The second-order valence-corrected chi connectivity index (χ2v) is 7.15. The topological polar surface area (TPSA) is 72.5 Å². The second-order valence-electron chi connectivity index (χ2n) is 7.15. The molecule has 7 heteroatoms. The van der Waals surface area contributed by atoms with Crippen molar-refractivity contribution in [3.63, 3.8) is 0 Å². The van der Waals surface area contributed by atoms with Crippen LogP contribution in [-0.2, 0) is 6.42 Å². The molecule has 7 nitrogen and oxygen atoms in total. The van der Waals surface area contributed by atoms with E-state index >= 15 is 0 Å². The summed E-state index contributed by atoms with van der Waals surface area (Å²) in [5.41, 5.74) is 1.61. The Morgan fingerprint density at radius 1 is 1.29 bits per heavy atom. The fourth-order valence-corrected chi connectivity index (χ4v) is 3.86. The zero-order valence-electron chi connectivity index (χ0n) is 14.8. The third-order valence-corrected chi connectivity index (χ3v) is 5.08. The molecular formula is C17H27N5O2. The molecule has 4 rings (SSSR count). The van der Waals surface area contributed by atoms with Crippen LogP contribution in [0.3, 0.4) is 0 Å². The van der Waals surface area contributed by atoms with E-state index in [4.69, 9.17) is 0 Å². The Balaban J connectivity index is 1.79. The number of fused-ring (bicyclic) bond motifs is 4. The SMILES string of the molecule is CCCc1[nH]ncc1C(=O)N1C[C@H]2CC[C@@H]1CN(C(=O)N(C)C)C2. The number of nitrogens with zero attached hydrogens (tertiary/aromatic N) is 4. The summed E-state index contributed by atoms with van der Waals surface area (Å²) < 4.78 is 0. The Bertz CT molecular complexity index is 612. The van der Waals surface area contributed by atoms with Crippen molar-refractivity contribution in [1.82, 2.24) is 24.9 Å². The minimum atomic E-state index is 0.0381. The van der Waals surface area contributed by atoms with Crippen LogP contribution in [0.15, 0.2) is 6.20 Å². The maximum absolute atomic E-state index is 13.1. The van der Waals surface area contributed by atoms with Gasteiger partial charge < -0.3 is 14.7 Å².